The molecule has 6 heteroatoms. The Balaban J connectivity index is 1.67. The van der Waals surface area contributed by atoms with Gasteiger partial charge in [-0.1, -0.05) is 11.6 Å². The van der Waals surface area contributed by atoms with Gasteiger partial charge in [0, 0.05) is 48.5 Å². The van der Waals surface area contributed by atoms with Crippen molar-refractivity contribution >= 4 is 34.1 Å². The van der Waals surface area contributed by atoms with Gasteiger partial charge in [-0.3, -0.25) is 9.78 Å². The van der Waals surface area contributed by atoms with E-state index in [0.717, 1.165) is 42.5 Å². The van der Waals surface area contributed by atoms with Gasteiger partial charge in [-0.2, -0.15) is 0 Å². The Kier molecular flexibility index (Phi) is 4.98. The molecule has 1 saturated heterocycles. The van der Waals surface area contributed by atoms with Gasteiger partial charge in [0.05, 0.1) is 5.52 Å². The molecule has 2 aromatic rings. The average molecular weight is 334 g/mol. The summed E-state index contributed by atoms with van der Waals surface area (Å²) in [7, 11) is 1.55. The molecule has 0 aliphatic carbocycles. The molecule has 23 heavy (non-hydrogen) atoms. The zero-order chi connectivity index (χ0) is 16.2. The van der Waals surface area contributed by atoms with Crippen LogP contribution in [-0.2, 0) is 9.53 Å². The van der Waals surface area contributed by atoms with E-state index in [1.165, 1.54) is 0 Å². The van der Waals surface area contributed by atoms with Crippen LogP contribution in [0.25, 0.3) is 10.9 Å². The lowest BCUT2D eigenvalue weighted by Crippen LogP contribution is -2.43. The third-order valence-electron chi connectivity index (χ3n) is 4.18. The van der Waals surface area contributed by atoms with Crippen LogP contribution in [0.15, 0.2) is 30.5 Å². The highest BCUT2D eigenvalue weighted by atomic mass is 35.5. The number of aromatic nitrogens is 1. The molecule has 0 bridgehead atoms. The summed E-state index contributed by atoms with van der Waals surface area (Å²) in [6, 6.07) is 8.02. The Morgan fingerprint density at radius 1 is 1.39 bits per heavy atom. The highest BCUT2D eigenvalue weighted by Crippen LogP contribution is 2.26. The molecule has 1 fully saturated rings. The first-order valence-electron chi connectivity index (χ1n) is 7.75. The molecule has 0 saturated carbocycles. The number of ether oxygens (including phenoxy) is 1. The summed E-state index contributed by atoms with van der Waals surface area (Å²) in [5.74, 6) is 0.0621. The van der Waals surface area contributed by atoms with Crippen molar-refractivity contribution < 1.29 is 9.53 Å². The first-order valence-corrected chi connectivity index (χ1v) is 8.12. The molecule has 2 heterocycles. The van der Waals surface area contributed by atoms with E-state index in [1.807, 2.05) is 29.2 Å². The van der Waals surface area contributed by atoms with Crippen molar-refractivity contribution in [3.63, 3.8) is 0 Å². The Morgan fingerprint density at radius 3 is 2.91 bits per heavy atom. The van der Waals surface area contributed by atoms with Crippen molar-refractivity contribution in [1.82, 2.24) is 9.88 Å². The number of carbonyl (C=O) groups excluding carboxylic acids is 1. The molecule has 1 aromatic heterocycles. The van der Waals surface area contributed by atoms with Gasteiger partial charge in [0.2, 0.25) is 5.91 Å². The monoisotopic (exact) mass is 333 g/mol. The average Bonchev–Trinajstić information content (AvgIpc) is 2.56. The summed E-state index contributed by atoms with van der Waals surface area (Å²) in [5, 5.41) is 5.30. The van der Waals surface area contributed by atoms with Gasteiger partial charge >= 0.3 is 0 Å². The molecular weight excluding hydrogens is 314 g/mol. The van der Waals surface area contributed by atoms with E-state index < -0.39 is 0 Å². The minimum Gasteiger partial charge on any atom is -0.382 e. The second-order valence-corrected chi connectivity index (χ2v) is 6.19. The van der Waals surface area contributed by atoms with Crippen molar-refractivity contribution in [2.45, 2.75) is 18.9 Å². The summed E-state index contributed by atoms with van der Waals surface area (Å²) < 4.78 is 4.91. The Morgan fingerprint density at radius 2 is 2.17 bits per heavy atom. The summed E-state index contributed by atoms with van der Waals surface area (Å²) in [5.41, 5.74) is 1.96. The van der Waals surface area contributed by atoms with Gasteiger partial charge < -0.3 is 15.0 Å². The van der Waals surface area contributed by atoms with Crippen LogP contribution in [-0.4, -0.2) is 48.6 Å². The van der Waals surface area contributed by atoms with E-state index in [2.05, 4.69) is 10.3 Å². The molecule has 0 atom stereocenters. The maximum Gasteiger partial charge on any atom is 0.248 e. The molecule has 0 unspecified atom stereocenters. The standard InChI is InChI=1S/C17H20ClN3O2/c1-23-11-17(22)21-8-5-13(6-9-21)20-16-4-7-19-15-3-2-12(18)10-14(15)16/h2-4,7,10,13H,5-6,8-9,11H2,1H3,(H,19,20). The molecule has 3 rings (SSSR count). The number of anilines is 1. The molecule has 122 valence electrons. The number of hydrogen-bond acceptors (Lipinski definition) is 4. The molecule has 0 radical (unpaired) electrons. The number of hydrogen-bond donors (Lipinski definition) is 1. The Hall–Kier alpha value is -1.85. The lowest BCUT2D eigenvalue weighted by molar-refractivity contribution is -0.136. The van der Waals surface area contributed by atoms with E-state index in [9.17, 15) is 4.79 Å². The third-order valence-corrected chi connectivity index (χ3v) is 4.41. The predicted molar refractivity (Wildman–Crippen MR) is 91.9 cm³/mol. The van der Waals surface area contributed by atoms with Crippen molar-refractivity contribution in [2.24, 2.45) is 0 Å². The van der Waals surface area contributed by atoms with Gasteiger partial charge in [-0.25, -0.2) is 0 Å². The first-order chi connectivity index (χ1) is 11.2. The lowest BCUT2D eigenvalue weighted by Gasteiger charge is -2.33. The van der Waals surface area contributed by atoms with E-state index in [-0.39, 0.29) is 12.5 Å². The molecule has 1 aliphatic heterocycles. The number of amides is 1. The highest BCUT2D eigenvalue weighted by molar-refractivity contribution is 6.31. The Bertz CT molecular complexity index is 699. The summed E-state index contributed by atoms with van der Waals surface area (Å²) >= 11 is 6.11. The zero-order valence-electron chi connectivity index (χ0n) is 13.1. The fraction of sp³-hybridized carbons (Fsp3) is 0.412. The number of halogens is 1. The molecule has 0 spiro atoms. The largest absolute Gasteiger partial charge is 0.382 e. The second-order valence-electron chi connectivity index (χ2n) is 5.75. The second kappa shape index (κ2) is 7.15. The smallest absolute Gasteiger partial charge is 0.248 e. The zero-order valence-corrected chi connectivity index (χ0v) is 13.8. The van der Waals surface area contributed by atoms with Crippen molar-refractivity contribution in [1.29, 1.82) is 0 Å². The van der Waals surface area contributed by atoms with E-state index in [1.54, 1.807) is 13.3 Å². The normalized spacial score (nSPS) is 15.8. The molecular formula is C17H20ClN3O2. The summed E-state index contributed by atoms with van der Waals surface area (Å²) in [6.45, 7) is 1.67. The van der Waals surface area contributed by atoms with E-state index in [0.29, 0.717) is 11.1 Å². The van der Waals surface area contributed by atoms with Crippen LogP contribution in [0.3, 0.4) is 0 Å². The molecule has 1 amide bonds. The minimum atomic E-state index is 0.0621. The fourth-order valence-corrected chi connectivity index (χ4v) is 3.12. The van der Waals surface area contributed by atoms with Crippen molar-refractivity contribution in [3.05, 3.63) is 35.5 Å². The summed E-state index contributed by atoms with van der Waals surface area (Å²) in [4.78, 5) is 18.1. The number of carbonyl (C=O) groups is 1. The van der Waals surface area contributed by atoms with Crippen LogP contribution in [0, 0.1) is 0 Å². The van der Waals surface area contributed by atoms with Crippen LogP contribution >= 0.6 is 11.6 Å². The SMILES string of the molecule is COCC(=O)N1CCC(Nc2ccnc3ccc(Cl)cc23)CC1. The lowest BCUT2D eigenvalue weighted by atomic mass is 10.0. The molecule has 1 aliphatic rings. The predicted octanol–water partition coefficient (Wildman–Crippen LogP) is 2.94. The highest BCUT2D eigenvalue weighted by Gasteiger charge is 2.22. The summed E-state index contributed by atoms with van der Waals surface area (Å²) in [6.07, 6.45) is 3.63. The van der Waals surface area contributed by atoms with Crippen molar-refractivity contribution in [2.75, 3.05) is 32.1 Å². The quantitative estimate of drug-likeness (QED) is 0.934. The van der Waals surface area contributed by atoms with Gasteiger partial charge in [-0.05, 0) is 37.1 Å². The number of pyridine rings is 1. The van der Waals surface area contributed by atoms with Crippen LogP contribution < -0.4 is 5.32 Å². The Labute approximate surface area is 140 Å². The third kappa shape index (κ3) is 3.74. The van der Waals surface area contributed by atoms with E-state index in [4.69, 9.17) is 16.3 Å². The minimum absolute atomic E-state index is 0.0621. The van der Waals surface area contributed by atoms with Crippen molar-refractivity contribution in [3.8, 4) is 0 Å². The van der Waals surface area contributed by atoms with Crippen LogP contribution in [0.2, 0.25) is 5.02 Å². The maximum atomic E-state index is 11.8. The fourth-order valence-electron chi connectivity index (χ4n) is 2.95. The number of piperidine rings is 1. The number of rotatable bonds is 4. The topological polar surface area (TPSA) is 54.5 Å². The van der Waals surface area contributed by atoms with E-state index >= 15 is 0 Å². The van der Waals surface area contributed by atoms with Gasteiger partial charge in [0.15, 0.2) is 0 Å². The van der Waals surface area contributed by atoms with Crippen LogP contribution in [0.1, 0.15) is 12.8 Å². The number of methoxy groups -OCH3 is 1. The molecule has 5 nitrogen and oxygen atoms in total. The number of nitrogens with one attached hydrogen (secondary N) is 1. The first kappa shape index (κ1) is 16.0. The molecule has 1 N–H and O–H groups in total. The maximum absolute atomic E-state index is 11.8. The van der Waals surface area contributed by atoms with Crippen LogP contribution in [0.4, 0.5) is 5.69 Å². The number of benzene rings is 1. The van der Waals surface area contributed by atoms with Gasteiger partial charge in [-0.15, -0.1) is 0 Å². The van der Waals surface area contributed by atoms with Crippen LogP contribution in [0.5, 0.6) is 0 Å². The van der Waals surface area contributed by atoms with Gasteiger partial charge in [0.25, 0.3) is 0 Å². The van der Waals surface area contributed by atoms with Gasteiger partial charge in [0.1, 0.15) is 6.61 Å². The molecule has 1 aromatic carbocycles. The number of likely N-dealkylation sites (tertiary alicyclic amines) is 1. The number of nitrogens with zero attached hydrogens (tertiary/aromatic N) is 2. The number of fused-ring (bicyclic) bond motifs is 1.